The van der Waals surface area contributed by atoms with Gasteiger partial charge in [-0.25, -0.2) is 9.79 Å². The number of hydrogen-bond acceptors (Lipinski definition) is 7. The van der Waals surface area contributed by atoms with Crippen LogP contribution in [0.25, 0.3) is 6.08 Å². The van der Waals surface area contributed by atoms with Crippen molar-refractivity contribution in [2.24, 2.45) is 73.1 Å². The van der Waals surface area contributed by atoms with Crippen LogP contribution < -0.4 is 11.5 Å². The van der Waals surface area contributed by atoms with Gasteiger partial charge >= 0.3 is 5.97 Å². The molecule has 316 valence electrons. The maximum absolute atomic E-state index is 16.3. The van der Waals surface area contributed by atoms with E-state index in [1.807, 2.05) is 55.5 Å². The normalized spacial score (nSPS) is 45.5. The molecule has 0 aromatic heterocycles. The number of ketones is 2. The van der Waals surface area contributed by atoms with Crippen LogP contribution in [-0.2, 0) is 14.4 Å². The largest absolute Gasteiger partial charge is 0.478 e. The van der Waals surface area contributed by atoms with Gasteiger partial charge in [-0.1, -0.05) is 94.3 Å². The van der Waals surface area contributed by atoms with E-state index in [0.717, 1.165) is 12.0 Å². The standard InChI is InChI=1S/C50H59N3O7/c1-29(42(57)58)27-35(54)37-31-15-9-10-16-32-39(56)38-41-49(60)26-25-48(59)28-47(31,24-19-34(37)53-43(51)52)46(32,4)50(41,48)22-12-6-11-21-44(2)36(55)20-23-45(38,3)40(44)33(49)18-17-30-13-7-5-8-14-30/h5,7-8,13-14,17-19,24-27,31-35,37,40,54,59-60H,9-10,12,15-16,20-23,28H2,1-4H3,(H,57,58)(H4,51,52,53)/b18-17+,29-27+/t31-,32-,33+,34-,35-,37-,40-,44-,45-,46-,47-,48+,49-,50+/m1/s1. The molecule has 0 heterocycles. The van der Waals surface area contributed by atoms with E-state index in [0.29, 0.717) is 56.1 Å². The van der Waals surface area contributed by atoms with Gasteiger partial charge < -0.3 is 31.9 Å². The number of aliphatic imine (C=N–C) groups is 1. The predicted molar refractivity (Wildman–Crippen MR) is 228 cm³/mol. The van der Waals surface area contributed by atoms with Gasteiger partial charge in [0.05, 0.1) is 17.7 Å². The number of hydrogen-bond donors (Lipinski definition) is 6. The fraction of sp³-hybridized carbons (Fsp3) is 0.560. The summed E-state index contributed by atoms with van der Waals surface area (Å²) in [6, 6.07) is 9.17. The van der Waals surface area contributed by atoms with Crippen LogP contribution >= 0.6 is 0 Å². The molecule has 0 amide bonds. The average molecular weight is 814 g/mol. The number of carboxylic acid groups (broad SMARTS) is 1. The van der Waals surface area contributed by atoms with Crippen LogP contribution in [0.3, 0.4) is 0 Å². The van der Waals surface area contributed by atoms with Crippen LogP contribution in [0.4, 0.5) is 0 Å². The van der Waals surface area contributed by atoms with Gasteiger partial charge in [-0.15, -0.1) is 11.8 Å². The van der Waals surface area contributed by atoms with Crippen molar-refractivity contribution in [3.05, 3.63) is 89.1 Å². The number of nitrogens with two attached hydrogens (primary N) is 2. The number of aliphatic hydroxyl groups excluding tert-OH is 1. The molecule has 6 bridgehead atoms. The van der Waals surface area contributed by atoms with Crippen LogP contribution in [0.15, 0.2) is 88.5 Å². The second-order valence-corrected chi connectivity index (χ2v) is 20.2. The average Bonchev–Trinajstić information content (AvgIpc) is 3.34. The monoisotopic (exact) mass is 813 g/mol. The Kier molecular flexibility index (Phi) is 9.16. The number of guanidine groups is 1. The number of aliphatic carboxylic acids is 1. The van der Waals surface area contributed by atoms with E-state index in [2.05, 4.69) is 42.8 Å². The Morgan fingerprint density at radius 1 is 0.983 bits per heavy atom. The molecular weight excluding hydrogens is 755 g/mol. The number of rotatable bonds is 6. The van der Waals surface area contributed by atoms with Crippen molar-refractivity contribution in [2.75, 3.05) is 0 Å². The number of allylic oxidation sites excluding steroid dienone is 2. The Morgan fingerprint density at radius 3 is 2.43 bits per heavy atom. The molecule has 0 radical (unpaired) electrons. The molecule has 1 aromatic carbocycles. The first-order chi connectivity index (χ1) is 28.4. The first-order valence-corrected chi connectivity index (χ1v) is 21.9. The van der Waals surface area contributed by atoms with E-state index < -0.39 is 86.0 Å². The van der Waals surface area contributed by atoms with Crippen LogP contribution in [0, 0.1) is 68.5 Å². The minimum absolute atomic E-state index is 0.0167. The van der Waals surface area contributed by atoms with Crippen LogP contribution in [-0.4, -0.2) is 67.3 Å². The van der Waals surface area contributed by atoms with E-state index in [1.54, 1.807) is 6.08 Å². The lowest BCUT2D eigenvalue weighted by Crippen LogP contribution is -2.73. The predicted octanol–water partition coefficient (Wildman–Crippen LogP) is 5.83. The quantitative estimate of drug-likeness (QED) is 0.0674. The molecule has 14 atom stereocenters. The molecule has 2 spiro atoms. The summed E-state index contributed by atoms with van der Waals surface area (Å²) < 4.78 is 0. The van der Waals surface area contributed by atoms with Crippen molar-refractivity contribution in [3.8, 4) is 11.8 Å². The van der Waals surface area contributed by atoms with E-state index in [-0.39, 0.29) is 35.9 Å². The molecule has 8 aliphatic carbocycles. The Bertz CT molecular complexity index is 2310. The lowest BCUT2D eigenvalue weighted by molar-refractivity contribution is -0.183. The second-order valence-electron chi connectivity index (χ2n) is 20.2. The molecule has 8 N–H and O–H groups in total. The zero-order chi connectivity index (χ0) is 42.8. The van der Waals surface area contributed by atoms with Crippen molar-refractivity contribution in [1.29, 1.82) is 0 Å². The number of Topliss-reactive ketones (excluding diaryl/α,β-unsaturated/α-hetero) is 2. The fourth-order valence-corrected chi connectivity index (χ4v) is 15.5. The lowest BCUT2D eigenvalue weighted by Gasteiger charge is -2.71. The topological polar surface area (TPSA) is 197 Å². The van der Waals surface area contributed by atoms with Crippen molar-refractivity contribution < 1.29 is 34.8 Å². The number of aliphatic hydroxyl groups is 3. The molecule has 10 nitrogen and oxygen atoms in total. The Morgan fingerprint density at radius 2 is 1.72 bits per heavy atom. The van der Waals surface area contributed by atoms with Gasteiger partial charge in [-0.05, 0) is 79.6 Å². The molecule has 9 rings (SSSR count). The third-order valence-electron chi connectivity index (χ3n) is 17.7. The third-order valence-corrected chi connectivity index (χ3v) is 17.7. The maximum atomic E-state index is 16.3. The molecule has 0 unspecified atom stereocenters. The van der Waals surface area contributed by atoms with Crippen LogP contribution in [0.5, 0.6) is 0 Å². The smallest absolute Gasteiger partial charge is 0.331 e. The highest BCUT2D eigenvalue weighted by atomic mass is 16.4. The summed E-state index contributed by atoms with van der Waals surface area (Å²) in [5.41, 5.74) is 5.79. The van der Waals surface area contributed by atoms with E-state index in [1.165, 1.54) is 13.0 Å². The Hall–Kier alpha value is -4.56. The highest BCUT2D eigenvalue weighted by Gasteiger charge is 2.85. The SMILES string of the molecule is C/C(=C\[C@@H](O)[C@@H]1[C@H]2CCCC[C@@H]3C(=O)C4=C5[C@]67CCC#CC[C@]8(C)C(=O)CC[C@@]4(C)[C@@H]8[C@H](/C=C/c4ccccc4)[C@]5(O)C=C[C@]6(O)C[C@@]2(C=C[C@H]1N=C(N)N)[C@@]37C)C(=O)O. The summed E-state index contributed by atoms with van der Waals surface area (Å²) in [4.78, 5) is 47.5. The van der Waals surface area contributed by atoms with E-state index in [9.17, 15) is 30.0 Å². The minimum atomic E-state index is -1.76. The summed E-state index contributed by atoms with van der Waals surface area (Å²) in [7, 11) is 0. The number of nitrogens with zero attached hydrogens (tertiary/aromatic N) is 1. The zero-order valence-corrected chi connectivity index (χ0v) is 35.2. The molecule has 0 saturated heterocycles. The summed E-state index contributed by atoms with van der Waals surface area (Å²) in [6.07, 6.45) is 16.3. The summed E-state index contributed by atoms with van der Waals surface area (Å²) in [5, 5.41) is 50.2. The molecule has 3 fully saturated rings. The third kappa shape index (κ3) is 5.00. The summed E-state index contributed by atoms with van der Waals surface area (Å²) >= 11 is 0. The Labute approximate surface area is 352 Å². The van der Waals surface area contributed by atoms with Crippen molar-refractivity contribution in [2.45, 2.75) is 115 Å². The fourth-order valence-electron chi connectivity index (χ4n) is 15.5. The molecular formula is C50H59N3O7. The summed E-state index contributed by atoms with van der Waals surface area (Å²) in [5.74, 6) is 2.78. The highest BCUT2D eigenvalue weighted by molar-refractivity contribution is 6.04. The van der Waals surface area contributed by atoms with Gasteiger partial charge in [0.1, 0.15) is 11.4 Å². The first-order valence-electron chi connectivity index (χ1n) is 21.9. The molecule has 1 aromatic rings. The number of carboxylic acids is 1. The van der Waals surface area contributed by atoms with Gasteiger partial charge in [0.15, 0.2) is 11.7 Å². The molecule has 8 aliphatic rings. The van der Waals surface area contributed by atoms with Crippen molar-refractivity contribution in [1.82, 2.24) is 0 Å². The lowest BCUT2D eigenvalue weighted by atomic mass is 9.32. The molecule has 3 saturated carbocycles. The Balaban J connectivity index is 1.38. The first kappa shape index (κ1) is 40.8. The minimum Gasteiger partial charge on any atom is -0.478 e. The molecule has 60 heavy (non-hydrogen) atoms. The zero-order valence-electron chi connectivity index (χ0n) is 35.2. The van der Waals surface area contributed by atoms with Gasteiger partial charge in [0.25, 0.3) is 0 Å². The highest BCUT2D eigenvalue weighted by Crippen LogP contribution is 2.85. The maximum Gasteiger partial charge on any atom is 0.331 e. The van der Waals surface area contributed by atoms with Gasteiger partial charge in [-0.2, -0.15) is 0 Å². The van der Waals surface area contributed by atoms with Gasteiger partial charge in [-0.3, -0.25) is 9.59 Å². The number of carbonyl (C=O) groups is 3. The van der Waals surface area contributed by atoms with Crippen molar-refractivity contribution >= 4 is 29.6 Å². The number of benzene rings is 1. The van der Waals surface area contributed by atoms with Gasteiger partial charge in [0, 0.05) is 69.8 Å². The van der Waals surface area contributed by atoms with Crippen LogP contribution in [0.2, 0.25) is 0 Å². The second kappa shape index (κ2) is 13.5. The van der Waals surface area contributed by atoms with Crippen molar-refractivity contribution in [3.63, 3.8) is 0 Å². The van der Waals surface area contributed by atoms with E-state index >= 15 is 4.79 Å². The molecule has 10 heteroatoms. The number of carbonyl (C=O) groups excluding carboxylic acids is 2. The van der Waals surface area contributed by atoms with Crippen LogP contribution in [0.1, 0.15) is 97.5 Å². The van der Waals surface area contributed by atoms with E-state index in [4.69, 9.17) is 11.5 Å². The van der Waals surface area contributed by atoms with Gasteiger partial charge in [0.2, 0.25) is 0 Å². The molecule has 0 aliphatic heterocycles. The summed E-state index contributed by atoms with van der Waals surface area (Å²) in [6.45, 7) is 7.75.